The SMILES string of the molecule is CCc1c(-c2ccc(O)cc2)nn(-c2cccc(C)c2)c1-c1ccc(O)cc1. The summed E-state index contributed by atoms with van der Waals surface area (Å²) in [5, 5.41) is 24.3. The van der Waals surface area contributed by atoms with Crippen molar-refractivity contribution in [1.82, 2.24) is 9.78 Å². The van der Waals surface area contributed by atoms with E-state index in [2.05, 4.69) is 26.0 Å². The van der Waals surface area contributed by atoms with Gasteiger partial charge >= 0.3 is 0 Å². The van der Waals surface area contributed by atoms with Gasteiger partial charge in [0.25, 0.3) is 0 Å². The molecule has 0 radical (unpaired) electrons. The highest BCUT2D eigenvalue weighted by Crippen LogP contribution is 2.35. The highest BCUT2D eigenvalue weighted by atomic mass is 16.3. The summed E-state index contributed by atoms with van der Waals surface area (Å²) in [7, 11) is 0. The van der Waals surface area contributed by atoms with Crippen LogP contribution < -0.4 is 0 Å². The maximum absolute atomic E-state index is 9.72. The van der Waals surface area contributed by atoms with Crippen molar-refractivity contribution in [1.29, 1.82) is 0 Å². The minimum atomic E-state index is 0.235. The molecule has 0 aliphatic heterocycles. The molecule has 4 heteroatoms. The quantitative estimate of drug-likeness (QED) is 0.499. The fourth-order valence-electron chi connectivity index (χ4n) is 3.50. The first kappa shape index (κ1) is 17.9. The van der Waals surface area contributed by atoms with Gasteiger partial charge in [0.2, 0.25) is 0 Å². The lowest BCUT2D eigenvalue weighted by Crippen LogP contribution is -2.00. The fourth-order valence-corrected chi connectivity index (χ4v) is 3.50. The van der Waals surface area contributed by atoms with Crippen molar-refractivity contribution in [2.75, 3.05) is 0 Å². The summed E-state index contributed by atoms with van der Waals surface area (Å²) >= 11 is 0. The second-order valence-electron chi connectivity index (χ2n) is 6.87. The Morgan fingerprint density at radius 3 is 2.00 bits per heavy atom. The molecule has 3 aromatic carbocycles. The lowest BCUT2D eigenvalue weighted by Gasteiger charge is -2.10. The van der Waals surface area contributed by atoms with E-state index in [1.807, 2.05) is 41.1 Å². The zero-order valence-corrected chi connectivity index (χ0v) is 15.9. The molecule has 0 saturated carbocycles. The lowest BCUT2D eigenvalue weighted by molar-refractivity contribution is 0.475. The molecule has 28 heavy (non-hydrogen) atoms. The number of aromatic nitrogens is 2. The van der Waals surface area contributed by atoms with Gasteiger partial charge in [-0.05, 0) is 79.6 Å². The number of aromatic hydroxyl groups is 2. The van der Waals surface area contributed by atoms with Gasteiger partial charge in [-0.2, -0.15) is 5.10 Å². The van der Waals surface area contributed by atoms with E-state index in [1.165, 1.54) is 0 Å². The zero-order chi connectivity index (χ0) is 19.7. The topological polar surface area (TPSA) is 58.3 Å². The predicted molar refractivity (Wildman–Crippen MR) is 112 cm³/mol. The van der Waals surface area contributed by atoms with Crippen LogP contribution in [0, 0.1) is 6.92 Å². The number of hydrogen-bond acceptors (Lipinski definition) is 3. The number of phenols is 2. The first-order valence-corrected chi connectivity index (χ1v) is 9.34. The molecule has 0 aliphatic rings. The van der Waals surface area contributed by atoms with E-state index < -0.39 is 0 Å². The summed E-state index contributed by atoms with van der Waals surface area (Å²) in [6.07, 6.45) is 0.804. The van der Waals surface area contributed by atoms with Crippen molar-refractivity contribution in [2.24, 2.45) is 0 Å². The summed E-state index contributed by atoms with van der Waals surface area (Å²) < 4.78 is 1.97. The summed E-state index contributed by atoms with van der Waals surface area (Å²) in [6.45, 7) is 4.18. The van der Waals surface area contributed by atoms with Crippen molar-refractivity contribution >= 4 is 0 Å². The fraction of sp³-hybridized carbons (Fsp3) is 0.125. The zero-order valence-electron chi connectivity index (χ0n) is 15.9. The normalized spacial score (nSPS) is 10.9. The molecule has 0 fully saturated rings. The van der Waals surface area contributed by atoms with Crippen LogP contribution in [0.5, 0.6) is 11.5 Å². The van der Waals surface area contributed by atoms with Crippen molar-refractivity contribution in [2.45, 2.75) is 20.3 Å². The molecular weight excluding hydrogens is 348 g/mol. The summed E-state index contributed by atoms with van der Waals surface area (Å²) in [4.78, 5) is 0. The third-order valence-electron chi connectivity index (χ3n) is 4.86. The predicted octanol–water partition coefficient (Wildman–Crippen LogP) is 5.49. The molecule has 0 amide bonds. The highest BCUT2D eigenvalue weighted by molar-refractivity contribution is 5.76. The molecule has 4 aromatic rings. The molecule has 0 saturated heterocycles. The van der Waals surface area contributed by atoms with Gasteiger partial charge in [0, 0.05) is 16.7 Å². The third kappa shape index (κ3) is 3.25. The van der Waals surface area contributed by atoms with E-state index in [-0.39, 0.29) is 11.5 Å². The maximum atomic E-state index is 9.72. The molecule has 4 rings (SSSR count). The summed E-state index contributed by atoms with van der Waals surface area (Å²) in [5.74, 6) is 0.473. The molecule has 0 aliphatic carbocycles. The number of aryl methyl sites for hydroxylation is 1. The minimum Gasteiger partial charge on any atom is -0.508 e. The van der Waals surface area contributed by atoms with Crippen molar-refractivity contribution < 1.29 is 10.2 Å². The van der Waals surface area contributed by atoms with Gasteiger partial charge in [-0.15, -0.1) is 0 Å². The molecule has 1 aromatic heterocycles. The van der Waals surface area contributed by atoms with E-state index >= 15 is 0 Å². The molecule has 140 valence electrons. The largest absolute Gasteiger partial charge is 0.508 e. The average molecular weight is 370 g/mol. The molecule has 0 unspecified atom stereocenters. The number of nitrogens with zero attached hydrogens (tertiary/aromatic N) is 2. The van der Waals surface area contributed by atoms with Crippen molar-refractivity contribution in [3.63, 3.8) is 0 Å². The van der Waals surface area contributed by atoms with E-state index in [4.69, 9.17) is 5.10 Å². The van der Waals surface area contributed by atoms with Crippen LogP contribution in [0.25, 0.3) is 28.2 Å². The minimum absolute atomic E-state index is 0.235. The van der Waals surface area contributed by atoms with Crippen LogP contribution >= 0.6 is 0 Å². The monoisotopic (exact) mass is 370 g/mol. The maximum Gasteiger partial charge on any atom is 0.115 e. The molecular formula is C24H22N2O2. The van der Waals surface area contributed by atoms with E-state index in [0.717, 1.165) is 45.7 Å². The average Bonchev–Trinajstić information content (AvgIpc) is 3.09. The Kier molecular flexibility index (Phi) is 4.62. The Balaban J connectivity index is 2.00. The Hall–Kier alpha value is -3.53. The summed E-state index contributed by atoms with van der Waals surface area (Å²) in [6, 6.07) is 22.6. The standard InChI is InChI=1S/C24H22N2O2/c1-3-22-23(17-7-11-20(27)12-8-17)25-26(19-6-4-5-16(2)15-19)24(22)18-9-13-21(28)14-10-18/h4-15,27-28H,3H2,1-2H3. The number of phenolic OH excluding ortho intramolecular Hbond substituents is 2. The van der Waals surface area contributed by atoms with Crippen molar-refractivity contribution in [3.8, 4) is 39.7 Å². The van der Waals surface area contributed by atoms with E-state index in [1.54, 1.807) is 24.3 Å². The second kappa shape index (κ2) is 7.24. The number of rotatable bonds is 4. The first-order valence-electron chi connectivity index (χ1n) is 9.34. The van der Waals surface area contributed by atoms with Crippen LogP contribution in [0.15, 0.2) is 72.8 Å². The summed E-state index contributed by atoms with van der Waals surface area (Å²) in [5.41, 5.74) is 7.13. The third-order valence-corrected chi connectivity index (χ3v) is 4.86. The Bertz CT molecular complexity index is 1110. The smallest absolute Gasteiger partial charge is 0.115 e. The van der Waals surface area contributed by atoms with Gasteiger partial charge in [-0.1, -0.05) is 19.1 Å². The molecule has 2 N–H and O–H groups in total. The Labute approximate surface area is 164 Å². The molecule has 0 bridgehead atoms. The Morgan fingerprint density at radius 2 is 1.43 bits per heavy atom. The number of benzene rings is 3. The number of hydrogen-bond donors (Lipinski definition) is 2. The molecule has 0 spiro atoms. The first-order chi connectivity index (χ1) is 13.6. The second-order valence-corrected chi connectivity index (χ2v) is 6.87. The Morgan fingerprint density at radius 1 is 0.821 bits per heavy atom. The van der Waals surface area contributed by atoms with Gasteiger partial charge in [0.05, 0.1) is 17.1 Å². The van der Waals surface area contributed by atoms with Gasteiger partial charge in [-0.3, -0.25) is 0 Å². The van der Waals surface area contributed by atoms with Gasteiger partial charge in [0.15, 0.2) is 0 Å². The molecule has 1 heterocycles. The van der Waals surface area contributed by atoms with Crippen LogP contribution in [0.1, 0.15) is 18.1 Å². The van der Waals surface area contributed by atoms with E-state index in [0.29, 0.717) is 0 Å². The van der Waals surface area contributed by atoms with Crippen LogP contribution in [0.3, 0.4) is 0 Å². The lowest BCUT2D eigenvalue weighted by atomic mass is 9.99. The molecule has 0 atom stereocenters. The van der Waals surface area contributed by atoms with Crippen LogP contribution in [-0.2, 0) is 6.42 Å². The van der Waals surface area contributed by atoms with Crippen LogP contribution in [-0.4, -0.2) is 20.0 Å². The van der Waals surface area contributed by atoms with Gasteiger partial charge in [-0.25, -0.2) is 4.68 Å². The van der Waals surface area contributed by atoms with Crippen LogP contribution in [0.2, 0.25) is 0 Å². The van der Waals surface area contributed by atoms with Crippen molar-refractivity contribution in [3.05, 3.63) is 83.9 Å². The van der Waals surface area contributed by atoms with Gasteiger partial charge < -0.3 is 10.2 Å². The van der Waals surface area contributed by atoms with Gasteiger partial charge in [0.1, 0.15) is 11.5 Å². The molecule has 4 nitrogen and oxygen atoms in total. The van der Waals surface area contributed by atoms with Crippen LogP contribution in [0.4, 0.5) is 0 Å². The van der Waals surface area contributed by atoms with E-state index in [9.17, 15) is 10.2 Å². The highest BCUT2D eigenvalue weighted by Gasteiger charge is 2.20.